The van der Waals surface area contributed by atoms with Crippen molar-refractivity contribution in [3.8, 4) is 5.75 Å². The van der Waals surface area contributed by atoms with Crippen LogP contribution in [0.2, 0.25) is 0 Å². The average Bonchev–Trinajstić information content (AvgIpc) is 2.62. The van der Waals surface area contributed by atoms with Crippen LogP contribution >= 0.6 is 0 Å². The number of carbonyl (C=O) groups is 2. The summed E-state index contributed by atoms with van der Waals surface area (Å²) in [5, 5.41) is 18.2. The Morgan fingerprint density at radius 2 is 1.88 bits per heavy atom. The van der Waals surface area contributed by atoms with Gasteiger partial charge in [0.25, 0.3) is 5.91 Å². The number of rotatable bonds is 7. The summed E-state index contributed by atoms with van der Waals surface area (Å²) >= 11 is 0. The molecule has 1 aromatic carbocycles. The molecule has 1 aliphatic rings. The Morgan fingerprint density at radius 1 is 1.23 bits per heavy atom. The minimum absolute atomic E-state index is 0.100. The predicted molar refractivity (Wildman–Crippen MR) is 97.5 cm³/mol. The highest BCUT2D eigenvalue weighted by Gasteiger charge is 2.29. The maximum atomic E-state index is 12.5. The average molecular weight is 365 g/mol. The van der Waals surface area contributed by atoms with Crippen LogP contribution in [0, 0.1) is 0 Å². The van der Waals surface area contributed by atoms with E-state index >= 15 is 0 Å². The summed E-state index contributed by atoms with van der Waals surface area (Å²) in [5.41, 5.74) is 1.32. The summed E-state index contributed by atoms with van der Waals surface area (Å²) in [4.78, 5) is 29.6. The van der Waals surface area contributed by atoms with Crippen LogP contribution in [-0.4, -0.2) is 91.9 Å². The number of carbonyl (C=O) groups excluding carboxylic acids is 2. The molecule has 0 aliphatic carbocycles. The molecule has 2 rings (SSSR count). The fourth-order valence-electron chi connectivity index (χ4n) is 2.93. The molecule has 2 amide bonds. The lowest BCUT2D eigenvalue weighted by molar-refractivity contribution is -0.132. The van der Waals surface area contributed by atoms with Crippen LogP contribution in [0.1, 0.15) is 16.8 Å². The molecule has 0 saturated carbocycles. The quantitative estimate of drug-likeness (QED) is 0.694. The minimum atomic E-state index is -0.195. The van der Waals surface area contributed by atoms with Gasteiger partial charge in [0.15, 0.2) is 0 Å². The second-order valence-corrected chi connectivity index (χ2v) is 6.49. The monoisotopic (exact) mass is 365 g/mol. The van der Waals surface area contributed by atoms with E-state index in [1.807, 2.05) is 11.9 Å². The number of hydrogen-bond donors (Lipinski definition) is 2. The van der Waals surface area contributed by atoms with E-state index in [9.17, 15) is 9.59 Å². The van der Waals surface area contributed by atoms with E-state index in [1.165, 1.54) is 9.80 Å². The lowest BCUT2D eigenvalue weighted by atomic mass is 10.1. The van der Waals surface area contributed by atoms with E-state index in [-0.39, 0.29) is 50.6 Å². The first-order chi connectivity index (χ1) is 12.4. The maximum Gasteiger partial charge on any atom is 0.253 e. The Morgan fingerprint density at radius 3 is 2.46 bits per heavy atom. The molecule has 1 aliphatic heterocycles. The number of nitrogens with zero attached hydrogens (tertiary/aromatic N) is 3. The van der Waals surface area contributed by atoms with Gasteiger partial charge in [0.05, 0.1) is 31.4 Å². The summed E-state index contributed by atoms with van der Waals surface area (Å²) in [6.07, 6.45) is 0.196. The molecule has 0 aromatic heterocycles. The molecule has 8 nitrogen and oxygen atoms in total. The molecule has 8 heteroatoms. The largest absolute Gasteiger partial charge is 0.489 e. The van der Waals surface area contributed by atoms with Crippen molar-refractivity contribution in [1.82, 2.24) is 9.80 Å². The summed E-state index contributed by atoms with van der Waals surface area (Å²) in [6, 6.07) is 5.07. The lowest BCUT2D eigenvalue weighted by Gasteiger charge is -2.36. The van der Waals surface area contributed by atoms with Crippen molar-refractivity contribution in [2.24, 2.45) is 0 Å². The number of amides is 2. The molecule has 0 bridgehead atoms. The molecule has 0 unspecified atom stereocenters. The number of anilines is 1. The number of aliphatic hydroxyl groups excluding tert-OH is 2. The van der Waals surface area contributed by atoms with Crippen molar-refractivity contribution >= 4 is 17.5 Å². The molecule has 0 saturated heterocycles. The summed E-state index contributed by atoms with van der Waals surface area (Å²) in [5.74, 6) is 0.420. The normalized spacial score (nSPS) is 15.9. The van der Waals surface area contributed by atoms with E-state index in [1.54, 1.807) is 32.3 Å². The summed E-state index contributed by atoms with van der Waals surface area (Å²) < 4.78 is 5.77. The topological polar surface area (TPSA) is 93.6 Å². The minimum Gasteiger partial charge on any atom is -0.489 e. The molecule has 2 N–H and O–H groups in total. The highest BCUT2D eigenvalue weighted by Crippen LogP contribution is 2.34. The second kappa shape index (κ2) is 8.86. The van der Waals surface area contributed by atoms with Gasteiger partial charge in [-0.3, -0.25) is 9.59 Å². The molecule has 26 heavy (non-hydrogen) atoms. The second-order valence-electron chi connectivity index (χ2n) is 6.49. The van der Waals surface area contributed by atoms with E-state index in [4.69, 9.17) is 14.9 Å². The number of likely N-dealkylation sites (N-methyl/N-ethyl adjacent to an activating group) is 1. The van der Waals surface area contributed by atoms with Crippen molar-refractivity contribution in [2.45, 2.75) is 12.5 Å². The van der Waals surface area contributed by atoms with Crippen molar-refractivity contribution < 1.29 is 24.5 Å². The zero-order chi connectivity index (χ0) is 19.3. The van der Waals surface area contributed by atoms with Crippen LogP contribution in [-0.2, 0) is 4.79 Å². The first-order valence-electron chi connectivity index (χ1n) is 8.59. The molecule has 1 heterocycles. The van der Waals surface area contributed by atoms with Gasteiger partial charge < -0.3 is 29.6 Å². The van der Waals surface area contributed by atoms with Gasteiger partial charge in [-0.25, -0.2) is 0 Å². The highest BCUT2D eigenvalue weighted by molar-refractivity contribution is 5.95. The van der Waals surface area contributed by atoms with Gasteiger partial charge in [0.2, 0.25) is 5.91 Å². The van der Waals surface area contributed by atoms with Gasteiger partial charge in [-0.2, -0.15) is 0 Å². The number of benzene rings is 1. The molecule has 0 spiro atoms. The van der Waals surface area contributed by atoms with E-state index in [0.29, 0.717) is 17.9 Å². The molecule has 144 valence electrons. The smallest absolute Gasteiger partial charge is 0.253 e. The van der Waals surface area contributed by atoms with Crippen LogP contribution < -0.4 is 9.64 Å². The Bertz CT molecular complexity index is 644. The molecule has 0 radical (unpaired) electrons. The fourth-order valence-corrected chi connectivity index (χ4v) is 2.93. The number of ether oxygens (including phenoxy) is 1. The number of fused-ring (bicyclic) bond motifs is 1. The van der Waals surface area contributed by atoms with Gasteiger partial charge in [0.1, 0.15) is 12.4 Å². The van der Waals surface area contributed by atoms with E-state index in [0.717, 1.165) is 5.69 Å². The van der Waals surface area contributed by atoms with Crippen LogP contribution in [0.5, 0.6) is 5.75 Å². The third-order valence-electron chi connectivity index (χ3n) is 4.47. The Balaban J connectivity index is 2.15. The molecule has 0 fully saturated rings. The molecule has 1 atom stereocenters. The third kappa shape index (κ3) is 4.44. The van der Waals surface area contributed by atoms with Gasteiger partial charge in [0, 0.05) is 39.8 Å². The highest BCUT2D eigenvalue weighted by atomic mass is 16.5. The Kier molecular flexibility index (Phi) is 6.82. The molecular weight excluding hydrogens is 338 g/mol. The van der Waals surface area contributed by atoms with Gasteiger partial charge in [-0.05, 0) is 18.2 Å². The van der Waals surface area contributed by atoms with Crippen molar-refractivity contribution in [1.29, 1.82) is 0 Å². The third-order valence-corrected chi connectivity index (χ3v) is 4.47. The lowest BCUT2D eigenvalue weighted by Crippen LogP contribution is -2.45. The van der Waals surface area contributed by atoms with Crippen molar-refractivity contribution in [3.05, 3.63) is 23.8 Å². The van der Waals surface area contributed by atoms with Gasteiger partial charge in [-0.15, -0.1) is 0 Å². The fraction of sp³-hybridized carbons (Fsp3) is 0.556. The SMILES string of the molecule is CN(C)C(=O)c1ccc2c(c1)N(C)[C@H](CC(=O)N(CCO)CCO)CO2. The van der Waals surface area contributed by atoms with Crippen LogP contribution in [0.3, 0.4) is 0 Å². The van der Waals surface area contributed by atoms with Crippen LogP contribution in [0.4, 0.5) is 5.69 Å². The zero-order valence-electron chi connectivity index (χ0n) is 15.5. The maximum absolute atomic E-state index is 12.5. The van der Waals surface area contributed by atoms with Crippen LogP contribution in [0.15, 0.2) is 18.2 Å². The molecular formula is C18H27N3O5. The van der Waals surface area contributed by atoms with E-state index < -0.39 is 0 Å². The standard InChI is InChI=1S/C18H27N3O5/c1-19(2)18(25)13-4-5-16-15(10-13)20(3)14(12-26-16)11-17(24)21(6-8-22)7-9-23/h4-5,10,14,22-23H,6-9,11-12H2,1-3H3/t14-/m1/s1. The first-order valence-corrected chi connectivity index (χ1v) is 8.59. The predicted octanol–water partition coefficient (Wildman–Crippen LogP) is -0.211. The number of aliphatic hydroxyl groups is 2. The zero-order valence-corrected chi connectivity index (χ0v) is 15.5. The van der Waals surface area contributed by atoms with E-state index in [2.05, 4.69) is 0 Å². The summed E-state index contributed by atoms with van der Waals surface area (Å²) in [7, 11) is 5.26. The van der Waals surface area contributed by atoms with Crippen LogP contribution in [0.25, 0.3) is 0 Å². The van der Waals surface area contributed by atoms with Crippen molar-refractivity contribution in [2.75, 3.05) is 59.0 Å². The number of hydrogen-bond acceptors (Lipinski definition) is 6. The first kappa shape index (κ1) is 20.0. The van der Waals surface area contributed by atoms with Crippen molar-refractivity contribution in [3.63, 3.8) is 0 Å². The molecule has 1 aromatic rings. The van der Waals surface area contributed by atoms with Gasteiger partial charge >= 0.3 is 0 Å². The van der Waals surface area contributed by atoms with Gasteiger partial charge in [-0.1, -0.05) is 0 Å². The summed E-state index contributed by atoms with van der Waals surface area (Å²) in [6.45, 7) is 0.426. The Labute approximate surface area is 153 Å². The Hall–Kier alpha value is -2.32.